The number of pyridine rings is 1. The lowest BCUT2D eigenvalue weighted by molar-refractivity contribution is 0.0946. The molecule has 5 nitrogen and oxygen atoms in total. The molecule has 2 rings (SSSR count). The molecule has 2 heterocycles. The van der Waals surface area contributed by atoms with Gasteiger partial charge in [-0.15, -0.1) is 0 Å². The fourth-order valence-electron chi connectivity index (χ4n) is 2.38. The Bertz CT molecular complexity index is 619. The van der Waals surface area contributed by atoms with Gasteiger partial charge in [-0.25, -0.2) is 4.98 Å². The molecule has 2 N–H and O–H groups in total. The summed E-state index contributed by atoms with van der Waals surface area (Å²) in [6, 6.07) is 3.96. The normalized spacial score (nSPS) is 11.0. The van der Waals surface area contributed by atoms with Gasteiger partial charge in [0, 0.05) is 19.3 Å². The van der Waals surface area contributed by atoms with Crippen LogP contribution in [-0.4, -0.2) is 33.6 Å². The van der Waals surface area contributed by atoms with Crippen molar-refractivity contribution >= 4 is 11.6 Å². The van der Waals surface area contributed by atoms with Crippen molar-refractivity contribution in [1.82, 2.24) is 14.7 Å². The van der Waals surface area contributed by atoms with Gasteiger partial charge in [0.15, 0.2) is 0 Å². The van der Waals surface area contributed by atoms with E-state index in [0.29, 0.717) is 12.2 Å². The highest BCUT2D eigenvalue weighted by Crippen LogP contribution is 2.15. The van der Waals surface area contributed by atoms with Gasteiger partial charge in [0.25, 0.3) is 5.91 Å². The fraction of sp³-hybridized carbons (Fsp3) is 0.500. The maximum atomic E-state index is 12.4. The van der Waals surface area contributed by atoms with Crippen LogP contribution < -0.4 is 5.32 Å². The summed E-state index contributed by atoms with van der Waals surface area (Å²) >= 11 is 0. The third kappa shape index (κ3) is 3.61. The third-order valence-corrected chi connectivity index (χ3v) is 3.52. The molecule has 0 aromatic carbocycles. The van der Waals surface area contributed by atoms with Gasteiger partial charge in [-0.05, 0) is 50.3 Å². The van der Waals surface area contributed by atoms with Gasteiger partial charge in [-0.1, -0.05) is 6.92 Å². The van der Waals surface area contributed by atoms with E-state index < -0.39 is 0 Å². The molecule has 0 bridgehead atoms. The summed E-state index contributed by atoms with van der Waals surface area (Å²) in [6.07, 6.45) is 5.21. The van der Waals surface area contributed by atoms with Crippen molar-refractivity contribution < 1.29 is 9.90 Å². The molecule has 2 aromatic rings. The number of nitrogens with one attached hydrogen (secondary N) is 1. The summed E-state index contributed by atoms with van der Waals surface area (Å²) < 4.78 is 1.86. The van der Waals surface area contributed by atoms with Crippen LogP contribution in [0.15, 0.2) is 18.3 Å². The van der Waals surface area contributed by atoms with E-state index in [1.165, 1.54) is 0 Å². The van der Waals surface area contributed by atoms with Crippen molar-refractivity contribution in [1.29, 1.82) is 0 Å². The van der Waals surface area contributed by atoms with E-state index in [1.54, 1.807) is 0 Å². The Hall–Kier alpha value is -1.88. The molecule has 1 amide bonds. The molecule has 114 valence electrons. The first-order chi connectivity index (χ1) is 10.2. The largest absolute Gasteiger partial charge is 0.396 e. The second-order valence-electron chi connectivity index (χ2n) is 5.23. The number of hydrogen-bond acceptors (Lipinski definition) is 3. The maximum absolute atomic E-state index is 12.4. The van der Waals surface area contributed by atoms with Crippen molar-refractivity contribution in [3.63, 3.8) is 0 Å². The number of aryl methyl sites for hydroxylation is 2. The second-order valence-corrected chi connectivity index (χ2v) is 5.23. The first kappa shape index (κ1) is 15.5. The van der Waals surface area contributed by atoms with Gasteiger partial charge in [-0.2, -0.15) is 0 Å². The number of imidazole rings is 1. The van der Waals surface area contributed by atoms with Crippen LogP contribution in [0.2, 0.25) is 0 Å². The lowest BCUT2D eigenvalue weighted by Crippen LogP contribution is -2.26. The third-order valence-electron chi connectivity index (χ3n) is 3.52. The van der Waals surface area contributed by atoms with Crippen molar-refractivity contribution in [3.05, 3.63) is 35.3 Å². The van der Waals surface area contributed by atoms with Gasteiger partial charge in [0.1, 0.15) is 11.3 Å². The SMILES string of the molecule is CCc1nc2cc(C)ccn2c1C(=O)NCCCCCO. The Morgan fingerprint density at radius 3 is 2.90 bits per heavy atom. The maximum Gasteiger partial charge on any atom is 0.270 e. The Balaban J connectivity index is 2.14. The lowest BCUT2D eigenvalue weighted by Gasteiger charge is -2.06. The molecule has 5 heteroatoms. The number of aromatic nitrogens is 2. The van der Waals surface area contributed by atoms with E-state index in [4.69, 9.17) is 5.11 Å². The number of carbonyl (C=O) groups is 1. The Kier molecular flexibility index (Phi) is 5.33. The number of fused-ring (bicyclic) bond motifs is 1. The Morgan fingerprint density at radius 2 is 2.19 bits per heavy atom. The van der Waals surface area contributed by atoms with E-state index in [9.17, 15) is 4.79 Å². The molecular weight excluding hydrogens is 266 g/mol. The van der Waals surface area contributed by atoms with Crippen LogP contribution in [-0.2, 0) is 6.42 Å². The molecule has 0 saturated heterocycles. The number of unbranched alkanes of at least 4 members (excludes halogenated alkanes) is 2. The minimum atomic E-state index is -0.0767. The summed E-state index contributed by atoms with van der Waals surface area (Å²) in [5.74, 6) is -0.0767. The zero-order valence-corrected chi connectivity index (χ0v) is 12.7. The summed E-state index contributed by atoms with van der Waals surface area (Å²) in [6.45, 7) is 4.86. The van der Waals surface area contributed by atoms with Crippen LogP contribution in [0.1, 0.15) is 47.9 Å². The Labute approximate surface area is 125 Å². The van der Waals surface area contributed by atoms with Crippen LogP contribution in [0.3, 0.4) is 0 Å². The van der Waals surface area contributed by atoms with Crippen LogP contribution in [0.5, 0.6) is 0 Å². The molecule has 0 aliphatic rings. The number of amides is 1. The summed E-state index contributed by atoms with van der Waals surface area (Å²) in [5, 5.41) is 11.7. The predicted molar refractivity (Wildman–Crippen MR) is 82.6 cm³/mol. The Morgan fingerprint density at radius 1 is 1.38 bits per heavy atom. The van der Waals surface area contributed by atoms with E-state index in [2.05, 4.69) is 10.3 Å². The van der Waals surface area contributed by atoms with Crippen LogP contribution in [0, 0.1) is 6.92 Å². The first-order valence-corrected chi connectivity index (χ1v) is 7.54. The molecule has 0 unspecified atom stereocenters. The lowest BCUT2D eigenvalue weighted by atomic mass is 10.2. The zero-order valence-electron chi connectivity index (χ0n) is 12.7. The highest BCUT2D eigenvalue weighted by atomic mass is 16.2. The first-order valence-electron chi connectivity index (χ1n) is 7.54. The highest BCUT2D eigenvalue weighted by Gasteiger charge is 2.17. The molecule has 21 heavy (non-hydrogen) atoms. The van der Waals surface area contributed by atoms with Crippen LogP contribution >= 0.6 is 0 Å². The molecule has 0 fully saturated rings. The van der Waals surface area contributed by atoms with Crippen molar-refractivity contribution in [2.75, 3.05) is 13.2 Å². The van der Waals surface area contributed by atoms with E-state index in [0.717, 1.165) is 42.6 Å². The number of nitrogens with zero attached hydrogens (tertiary/aromatic N) is 2. The molecule has 0 radical (unpaired) electrons. The molecule has 0 saturated carbocycles. The minimum absolute atomic E-state index is 0.0767. The molecule has 0 spiro atoms. The van der Waals surface area contributed by atoms with E-state index >= 15 is 0 Å². The standard InChI is InChI=1S/C16H23N3O2/c1-3-13-15(16(21)17-8-5-4-6-10-20)19-9-7-12(2)11-14(19)18-13/h7,9,11,20H,3-6,8,10H2,1-2H3,(H,17,21). The number of aliphatic hydroxyl groups is 1. The number of aliphatic hydroxyl groups excluding tert-OH is 1. The smallest absolute Gasteiger partial charge is 0.270 e. The van der Waals surface area contributed by atoms with Gasteiger partial charge >= 0.3 is 0 Å². The summed E-state index contributed by atoms with van der Waals surface area (Å²) in [7, 11) is 0. The second kappa shape index (κ2) is 7.22. The monoisotopic (exact) mass is 289 g/mol. The van der Waals surface area contributed by atoms with Crippen molar-refractivity contribution in [2.24, 2.45) is 0 Å². The van der Waals surface area contributed by atoms with Crippen molar-refractivity contribution in [3.8, 4) is 0 Å². The predicted octanol–water partition coefficient (Wildman–Crippen LogP) is 2.10. The highest BCUT2D eigenvalue weighted by molar-refractivity contribution is 5.94. The van der Waals surface area contributed by atoms with Gasteiger partial charge in [0.05, 0.1) is 5.69 Å². The minimum Gasteiger partial charge on any atom is -0.396 e. The fourth-order valence-corrected chi connectivity index (χ4v) is 2.38. The number of carbonyl (C=O) groups excluding carboxylic acids is 1. The van der Waals surface area contributed by atoms with Crippen LogP contribution in [0.4, 0.5) is 0 Å². The van der Waals surface area contributed by atoms with E-state index in [-0.39, 0.29) is 12.5 Å². The summed E-state index contributed by atoms with van der Waals surface area (Å²) in [5.41, 5.74) is 3.41. The van der Waals surface area contributed by atoms with Gasteiger partial charge < -0.3 is 10.4 Å². The molecule has 2 aromatic heterocycles. The van der Waals surface area contributed by atoms with Crippen LogP contribution in [0.25, 0.3) is 5.65 Å². The zero-order chi connectivity index (χ0) is 15.2. The number of hydrogen-bond donors (Lipinski definition) is 2. The molecule has 0 aliphatic heterocycles. The molecular formula is C16H23N3O2. The quantitative estimate of drug-likeness (QED) is 0.767. The average Bonchev–Trinajstić information content (AvgIpc) is 2.84. The summed E-state index contributed by atoms with van der Waals surface area (Å²) in [4.78, 5) is 16.9. The molecule has 0 aliphatic carbocycles. The number of rotatable bonds is 7. The topological polar surface area (TPSA) is 66.6 Å². The van der Waals surface area contributed by atoms with Crippen molar-refractivity contribution in [2.45, 2.75) is 39.5 Å². The van der Waals surface area contributed by atoms with E-state index in [1.807, 2.05) is 36.6 Å². The van der Waals surface area contributed by atoms with Gasteiger partial charge in [0.2, 0.25) is 0 Å². The van der Waals surface area contributed by atoms with Gasteiger partial charge in [-0.3, -0.25) is 9.20 Å². The molecule has 0 atom stereocenters. The average molecular weight is 289 g/mol.